The van der Waals surface area contributed by atoms with Crippen molar-refractivity contribution in [3.8, 4) is 0 Å². The number of hydrogen-bond donors (Lipinski definition) is 3. The Labute approximate surface area is 209 Å². The Morgan fingerprint density at radius 1 is 1.00 bits per heavy atom. The Morgan fingerprint density at radius 3 is 2.21 bits per heavy atom. The van der Waals surface area contributed by atoms with Gasteiger partial charge in [0.2, 0.25) is 5.91 Å². The van der Waals surface area contributed by atoms with Crippen molar-refractivity contribution in [3.63, 3.8) is 0 Å². The molecule has 4 N–H and O–H groups in total. The van der Waals surface area contributed by atoms with Crippen molar-refractivity contribution < 1.29 is 9.90 Å². The monoisotopic (exact) mass is 493 g/mol. The number of benzene rings is 2. The van der Waals surface area contributed by atoms with Crippen LogP contribution in [-0.4, -0.2) is 47.7 Å². The van der Waals surface area contributed by atoms with Gasteiger partial charge in [-0.15, -0.1) is 24.8 Å². The fourth-order valence-corrected chi connectivity index (χ4v) is 5.15. The van der Waals surface area contributed by atoms with E-state index in [1.807, 2.05) is 6.07 Å². The summed E-state index contributed by atoms with van der Waals surface area (Å²) in [5, 5.41) is 13.3. The molecule has 1 amide bonds. The van der Waals surface area contributed by atoms with Gasteiger partial charge in [-0.2, -0.15) is 0 Å². The first-order chi connectivity index (χ1) is 15.1. The molecule has 182 valence electrons. The predicted octanol–water partition coefficient (Wildman–Crippen LogP) is 3.67. The van der Waals surface area contributed by atoms with Crippen LogP contribution in [0.25, 0.3) is 0 Å². The number of piperidine rings is 1. The molecule has 2 aromatic rings. The van der Waals surface area contributed by atoms with Crippen LogP contribution in [0.2, 0.25) is 0 Å². The summed E-state index contributed by atoms with van der Waals surface area (Å²) < 4.78 is 0. The molecule has 2 aliphatic rings. The van der Waals surface area contributed by atoms with E-state index in [0.717, 1.165) is 38.9 Å². The number of nitrogens with two attached hydrogens (primary N) is 1. The van der Waals surface area contributed by atoms with Gasteiger partial charge in [0, 0.05) is 30.5 Å². The summed E-state index contributed by atoms with van der Waals surface area (Å²) in [6, 6.07) is 21.0. The first-order valence-corrected chi connectivity index (χ1v) is 11.6. The lowest BCUT2D eigenvalue weighted by Gasteiger charge is -2.43. The van der Waals surface area contributed by atoms with Gasteiger partial charge < -0.3 is 16.2 Å². The minimum atomic E-state index is -0.575. The maximum absolute atomic E-state index is 12.9. The number of rotatable bonds is 6. The van der Waals surface area contributed by atoms with Crippen LogP contribution in [-0.2, 0) is 16.8 Å². The Bertz CT molecular complexity index is 845. The van der Waals surface area contributed by atoms with Crippen molar-refractivity contribution in [3.05, 3.63) is 71.8 Å². The summed E-state index contributed by atoms with van der Waals surface area (Å²) in [4.78, 5) is 15.4. The molecule has 33 heavy (non-hydrogen) atoms. The molecule has 1 saturated heterocycles. The number of carbonyl (C=O) groups is 1. The van der Waals surface area contributed by atoms with E-state index in [1.165, 1.54) is 11.1 Å². The van der Waals surface area contributed by atoms with E-state index in [4.69, 9.17) is 5.73 Å². The first-order valence-electron chi connectivity index (χ1n) is 11.6. The molecule has 4 rings (SSSR count). The lowest BCUT2D eigenvalue weighted by atomic mass is 9.72. The Kier molecular flexibility index (Phi) is 10.6. The third kappa shape index (κ3) is 6.93. The molecule has 0 spiro atoms. The molecular weight excluding hydrogens is 457 g/mol. The number of likely N-dealkylation sites (tertiary alicyclic amines) is 1. The second kappa shape index (κ2) is 12.7. The van der Waals surface area contributed by atoms with Crippen molar-refractivity contribution >= 4 is 30.7 Å². The zero-order valence-corrected chi connectivity index (χ0v) is 20.7. The maximum atomic E-state index is 12.9. The SMILES string of the molecule is Cl.Cl.N[C@@H]1CC[C@H](C(=O)NCC2(c3ccccc3)CCN(Cc3ccccc3)CC2)C[C@H]1O. The van der Waals surface area contributed by atoms with Crippen molar-refractivity contribution in [1.29, 1.82) is 0 Å². The van der Waals surface area contributed by atoms with E-state index in [-0.39, 0.29) is 48.1 Å². The highest BCUT2D eigenvalue weighted by molar-refractivity contribution is 5.85. The molecule has 0 radical (unpaired) electrons. The zero-order valence-electron chi connectivity index (χ0n) is 19.1. The van der Waals surface area contributed by atoms with Crippen molar-refractivity contribution in [2.75, 3.05) is 19.6 Å². The van der Waals surface area contributed by atoms with Gasteiger partial charge in [0.15, 0.2) is 0 Å². The van der Waals surface area contributed by atoms with Crippen LogP contribution in [0, 0.1) is 5.92 Å². The van der Waals surface area contributed by atoms with E-state index in [1.54, 1.807) is 0 Å². The van der Waals surface area contributed by atoms with Gasteiger partial charge in [-0.25, -0.2) is 0 Å². The number of halogens is 2. The average Bonchev–Trinajstić information content (AvgIpc) is 2.81. The summed E-state index contributed by atoms with van der Waals surface area (Å²) in [6.07, 6.45) is 3.39. The average molecular weight is 495 g/mol. The minimum Gasteiger partial charge on any atom is -0.391 e. The summed E-state index contributed by atoms with van der Waals surface area (Å²) >= 11 is 0. The standard InChI is InChI=1S/C26H35N3O2.2ClH/c27-23-12-11-21(17-24(23)30)25(31)28-19-26(22-9-5-2-6-10-22)13-15-29(16-14-26)18-20-7-3-1-4-8-20;;/h1-10,21,23-24,30H,11-19,27H2,(H,28,31);2*1H/t21-,23+,24+;;/m0../s1. The highest BCUT2D eigenvalue weighted by Gasteiger charge is 2.38. The van der Waals surface area contributed by atoms with Crippen molar-refractivity contribution in [2.24, 2.45) is 11.7 Å². The number of aliphatic hydroxyl groups is 1. The molecule has 7 heteroatoms. The molecule has 0 bridgehead atoms. The third-order valence-electron chi connectivity index (χ3n) is 7.29. The van der Waals surface area contributed by atoms with Crippen molar-refractivity contribution in [1.82, 2.24) is 10.2 Å². The summed E-state index contributed by atoms with van der Waals surface area (Å²) in [6.45, 7) is 3.64. The third-order valence-corrected chi connectivity index (χ3v) is 7.29. The van der Waals surface area contributed by atoms with Crippen LogP contribution >= 0.6 is 24.8 Å². The van der Waals surface area contributed by atoms with Crippen LogP contribution in [0.1, 0.15) is 43.2 Å². The molecule has 0 unspecified atom stereocenters. The predicted molar refractivity (Wildman–Crippen MR) is 138 cm³/mol. The molecule has 1 heterocycles. The van der Waals surface area contributed by atoms with Crippen molar-refractivity contribution in [2.45, 2.75) is 56.2 Å². The number of aliphatic hydroxyl groups excluding tert-OH is 1. The van der Waals surface area contributed by atoms with Crippen LogP contribution in [0.5, 0.6) is 0 Å². The first kappa shape index (κ1) is 27.6. The number of nitrogens with one attached hydrogen (secondary N) is 1. The maximum Gasteiger partial charge on any atom is 0.223 e. The highest BCUT2D eigenvalue weighted by Crippen LogP contribution is 2.36. The smallest absolute Gasteiger partial charge is 0.223 e. The molecule has 3 atom stereocenters. The molecule has 5 nitrogen and oxygen atoms in total. The van der Waals surface area contributed by atoms with Gasteiger partial charge in [-0.3, -0.25) is 9.69 Å². The van der Waals surface area contributed by atoms with E-state index in [9.17, 15) is 9.90 Å². The number of carbonyl (C=O) groups excluding carboxylic acids is 1. The summed E-state index contributed by atoms with van der Waals surface area (Å²) in [7, 11) is 0. The van der Waals surface area contributed by atoms with Gasteiger partial charge in [-0.05, 0) is 56.3 Å². The lowest BCUT2D eigenvalue weighted by Crippen LogP contribution is -2.50. The molecule has 1 saturated carbocycles. The van der Waals surface area contributed by atoms with Crippen LogP contribution in [0.15, 0.2) is 60.7 Å². The van der Waals surface area contributed by atoms with Gasteiger partial charge in [0.25, 0.3) is 0 Å². The Balaban J connectivity index is 0.00000193. The number of nitrogens with zero attached hydrogens (tertiary/aromatic N) is 1. The highest BCUT2D eigenvalue weighted by atomic mass is 35.5. The largest absolute Gasteiger partial charge is 0.391 e. The normalized spacial score (nSPS) is 24.7. The molecule has 1 aliphatic heterocycles. The second-order valence-electron chi connectivity index (χ2n) is 9.37. The molecule has 2 fully saturated rings. The number of hydrogen-bond acceptors (Lipinski definition) is 4. The van der Waals surface area contributed by atoms with Gasteiger partial charge >= 0.3 is 0 Å². The molecular formula is C26H37Cl2N3O2. The Hall–Kier alpha value is -1.63. The molecule has 1 aliphatic carbocycles. The topological polar surface area (TPSA) is 78.6 Å². The second-order valence-corrected chi connectivity index (χ2v) is 9.37. The zero-order chi connectivity index (χ0) is 21.7. The van der Waals surface area contributed by atoms with E-state index >= 15 is 0 Å². The van der Waals surface area contributed by atoms with E-state index in [2.05, 4.69) is 64.8 Å². The van der Waals surface area contributed by atoms with Crippen LogP contribution < -0.4 is 11.1 Å². The molecule has 0 aromatic heterocycles. The minimum absolute atomic E-state index is 0. The summed E-state index contributed by atoms with van der Waals surface area (Å²) in [5.41, 5.74) is 8.51. The fraction of sp³-hybridized carbons (Fsp3) is 0.500. The van der Waals surface area contributed by atoms with Gasteiger partial charge in [-0.1, -0.05) is 60.7 Å². The van der Waals surface area contributed by atoms with Gasteiger partial charge in [0.1, 0.15) is 0 Å². The molecule has 2 aromatic carbocycles. The fourth-order valence-electron chi connectivity index (χ4n) is 5.15. The van der Waals surface area contributed by atoms with Crippen LogP contribution in [0.3, 0.4) is 0 Å². The number of amides is 1. The van der Waals surface area contributed by atoms with E-state index in [0.29, 0.717) is 19.4 Å². The van der Waals surface area contributed by atoms with Gasteiger partial charge in [0.05, 0.1) is 6.10 Å². The lowest BCUT2D eigenvalue weighted by molar-refractivity contribution is -0.127. The Morgan fingerprint density at radius 2 is 1.61 bits per heavy atom. The summed E-state index contributed by atoms with van der Waals surface area (Å²) in [5.74, 6) is -0.0752. The quantitative estimate of drug-likeness (QED) is 0.573. The van der Waals surface area contributed by atoms with E-state index < -0.39 is 6.10 Å². The van der Waals surface area contributed by atoms with Crippen LogP contribution in [0.4, 0.5) is 0 Å².